The Labute approximate surface area is 471 Å². The van der Waals surface area contributed by atoms with Gasteiger partial charge < -0.3 is 104 Å². The first-order chi connectivity index (χ1) is 37.9. The van der Waals surface area contributed by atoms with Crippen LogP contribution in [0.4, 0.5) is 0 Å². The van der Waals surface area contributed by atoms with Gasteiger partial charge in [0.15, 0.2) is 31.1 Å². The summed E-state index contributed by atoms with van der Waals surface area (Å²) in [7, 11) is 0. The number of carbonyl (C=O) groups is 3. The Morgan fingerprint density at radius 3 is 1.70 bits per heavy atom. The third-order valence-electron chi connectivity index (χ3n) is 21.5. The fourth-order valence-corrected chi connectivity index (χ4v) is 16.2. The highest BCUT2D eigenvalue weighted by molar-refractivity contribution is 5.89. The molecule has 24 nitrogen and oxygen atoms in total. The summed E-state index contributed by atoms with van der Waals surface area (Å²) in [4.78, 5) is 40.4. The van der Waals surface area contributed by atoms with E-state index in [0.29, 0.717) is 31.3 Å². The largest absolute Gasteiger partial charge is 0.479 e. The number of hydrogen-bond acceptors (Lipinski definition) is 23. The van der Waals surface area contributed by atoms with E-state index >= 15 is 0 Å². The number of hydrogen-bond donors (Lipinski definition) is 13. The number of aliphatic carboxylic acids is 1. The van der Waals surface area contributed by atoms with Crippen LogP contribution in [0.15, 0.2) is 34.9 Å². The Morgan fingerprint density at radius 2 is 1.17 bits per heavy atom. The van der Waals surface area contributed by atoms with Gasteiger partial charge in [-0.2, -0.15) is 0 Å². The van der Waals surface area contributed by atoms with Crippen LogP contribution < -0.4 is 0 Å². The summed E-state index contributed by atoms with van der Waals surface area (Å²) in [6.07, 6.45) is -25.7. The maximum Gasteiger partial charge on any atom is 0.335 e. The molecule has 3 saturated heterocycles. The summed E-state index contributed by atoms with van der Waals surface area (Å²) in [5.41, 5.74) is -5.25. The van der Waals surface area contributed by atoms with Gasteiger partial charge in [-0.15, -0.1) is 0 Å². The van der Waals surface area contributed by atoms with Crippen LogP contribution in [0.5, 0.6) is 0 Å². The van der Waals surface area contributed by atoms with Gasteiger partial charge in [0.1, 0.15) is 67.1 Å². The van der Waals surface area contributed by atoms with Gasteiger partial charge in [0.2, 0.25) is 0 Å². The zero-order valence-electron chi connectivity index (χ0n) is 47.8. The van der Waals surface area contributed by atoms with Crippen molar-refractivity contribution in [1.29, 1.82) is 0 Å². The van der Waals surface area contributed by atoms with E-state index < -0.39 is 205 Å². The number of rotatable bonds is 15. The molecule has 3 heterocycles. The lowest BCUT2D eigenvalue weighted by molar-refractivity contribution is -0.387. The van der Waals surface area contributed by atoms with Gasteiger partial charge in [-0.3, -0.25) is 0 Å². The second-order valence-electron chi connectivity index (χ2n) is 25.9. The van der Waals surface area contributed by atoms with E-state index in [1.165, 1.54) is 0 Å². The minimum atomic E-state index is -2.18. The Kier molecular flexibility index (Phi) is 18.4. The molecule has 0 aromatic carbocycles. The van der Waals surface area contributed by atoms with Crippen molar-refractivity contribution in [1.82, 2.24) is 0 Å². The Morgan fingerprint density at radius 1 is 0.630 bits per heavy atom. The fraction of sp³-hybridized carbons (Fsp3) is 0.842. The van der Waals surface area contributed by atoms with Crippen LogP contribution in [0.1, 0.15) is 108 Å². The Balaban J connectivity index is 1.15. The quantitative estimate of drug-likeness (QED) is 0.0415. The van der Waals surface area contributed by atoms with Gasteiger partial charge >= 0.3 is 17.9 Å². The van der Waals surface area contributed by atoms with Crippen molar-refractivity contribution < 1.29 is 119 Å². The molecule has 0 radical (unpaired) electrons. The number of allylic oxidation sites excluding steroid dienone is 3. The predicted octanol–water partition coefficient (Wildman–Crippen LogP) is -0.765. The minimum absolute atomic E-state index is 0.165. The number of aliphatic hydroxyl groups is 12. The summed E-state index contributed by atoms with van der Waals surface area (Å²) in [5, 5.41) is 146. The second-order valence-corrected chi connectivity index (χ2v) is 25.9. The average molecular weight is 1160 g/mol. The first kappa shape index (κ1) is 63.9. The van der Waals surface area contributed by atoms with Gasteiger partial charge in [0.25, 0.3) is 0 Å². The molecule has 0 spiro atoms. The lowest BCUT2D eigenvalue weighted by Gasteiger charge is -2.73. The average Bonchev–Trinajstić information content (AvgIpc) is 1.99. The number of esters is 2. The van der Waals surface area contributed by atoms with Crippen LogP contribution in [-0.4, -0.2) is 227 Å². The molecule has 11 unspecified atom stereocenters. The Bertz CT molecular complexity index is 2410. The van der Waals surface area contributed by atoms with Crippen molar-refractivity contribution in [2.75, 3.05) is 26.4 Å². The lowest BCUT2D eigenvalue weighted by atomic mass is 9.32. The lowest BCUT2D eigenvalue weighted by Crippen LogP contribution is -2.76. The fourth-order valence-electron chi connectivity index (χ4n) is 16.2. The summed E-state index contributed by atoms with van der Waals surface area (Å²) >= 11 is 0. The molecule has 0 bridgehead atoms. The van der Waals surface area contributed by atoms with Crippen LogP contribution in [0.25, 0.3) is 0 Å². The molecule has 81 heavy (non-hydrogen) atoms. The van der Waals surface area contributed by atoms with Crippen molar-refractivity contribution in [3.05, 3.63) is 34.9 Å². The highest BCUT2D eigenvalue weighted by Crippen LogP contribution is 2.76. The van der Waals surface area contributed by atoms with E-state index in [4.69, 9.17) is 37.9 Å². The van der Waals surface area contributed by atoms with Crippen molar-refractivity contribution in [3.8, 4) is 0 Å². The van der Waals surface area contributed by atoms with Gasteiger partial charge in [-0.1, -0.05) is 65.3 Å². The molecular formula is C57H88O24. The maximum atomic E-state index is 13.9. The summed E-state index contributed by atoms with van der Waals surface area (Å²) in [6.45, 7) is 15.3. The molecule has 460 valence electrons. The highest BCUT2D eigenvalue weighted by Gasteiger charge is 2.77. The van der Waals surface area contributed by atoms with Crippen molar-refractivity contribution in [3.63, 3.8) is 0 Å². The number of carboxylic acids is 1. The van der Waals surface area contributed by atoms with E-state index in [1.54, 1.807) is 39.8 Å². The van der Waals surface area contributed by atoms with Gasteiger partial charge in [0.05, 0.1) is 50.2 Å². The normalized spacial score (nSPS) is 49.8. The SMILES string of the molecule is C/C=C(/C)C(=O)O[C@H]1[C@H](OC(=O)/C(C)=C\C)[C@@]2(CO)C(CC1(C)C)C1=CCC3[C@@]4(C)CC[C@H](O[C@@H]5OC(C(=O)O)[C@H](O)[C@H](OC6OC(CO)C(O)C6O)C5O[C@@H]5OC(CO)[C@H](O)[C@H](O)C5O)[C@](C)(CO)C4CC[C@@]3(C)[C@]1(C)[C@@H](O)[C@H]2O. The molecule has 3 aliphatic heterocycles. The number of fused-ring (bicyclic) bond motifs is 7. The molecule has 7 fully saturated rings. The van der Waals surface area contributed by atoms with Crippen LogP contribution >= 0.6 is 0 Å². The zero-order chi connectivity index (χ0) is 60.0. The molecule has 27 atom stereocenters. The number of carbonyl (C=O) groups excluding carboxylic acids is 2. The molecule has 8 aliphatic rings. The Hall–Kier alpha value is -3.09. The van der Waals surface area contributed by atoms with Crippen molar-refractivity contribution >= 4 is 17.9 Å². The van der Waals surface area contributed by atoms with E-state index in [1.807, 2.05) is 27.7 Å². The van der Waals surface area contributed by atoms with Crippen molar-refractivity contribution in [2.24, 2.45) is 50.2 Å². The molecular weight excluding hydrogens is 1070 g/mol. The monoisotopic (exact) mass is 1160 g/mol. The number of aliphatic hydroxyl groups excluding tert-OH is 12. The maximum absolute atomic E-state index is 13.9. The van der Waals surface area contributed by atoms with E-state index in [0.717, 1.165) is 5.57 Å². The molecule has 0 amide bonds. The number of carboxylic acid groups (broad SMARTS) is 1. The number of ether oxygens (including phenoxy) is 8. The van der Waals surface area contributed by atoms with Gasteiger partial charge in [0, 0.05) is 27.4 Å². The zero-order valence-corrected chi connectivity index (χ0v) is 47.8. The molecule has 0 aromatic rings. The van der Waals surface area contributed by atoms with Gasteiger partial charge in [-0.05, 0) is 94.8 Å². The molecule has 24 heteroatoms. The third kappa shape index (κ3) is 9.98. The molecule has 13 N–H and O–H groups in total. The molecule has 4 saturated carbocycles. The smallest absolute Gasteiger partial charge is 0.335 e. The van der Waals surface area contributed by atoms with E-state index in [2.05, 4.69) is 19.9 Å². The minimum Gasteiger partial charge on any atom is -0.479 e. The molecule has 0 aromatic heterocycles. The summed E-state index contributed by atoms with van der Waals surface area (Å²) in [5.74, 6) is -4.48. The van der Waals surface area contributed by atoms with Crippen LogP contribution in [0.3, 0.4) is 0 Å². The highest BCUT2D eigenvalue weighted by atomic mass is 16.8. The van der Waals surface area contributed by atoms with Crippen LogP contribution in [-0.2, 0) is 52.3 Å². The second kappa shape index (κ2) is 23.3. The van der Waals surface area contributed by atoms with Gasteiger partial charge in [-0.25, -0.2) is 14.4 Å². The summed E-state index contributed by atoms with van der Waals surface area (Å²) < 4.78 is 48.8. The molecule has 8 rings (SSSR count). The van der Waals surface area contributed by atoms with E-state index in [9.17, 15) is 80.8 Å². The summed E-state index contributed by atoms with van der Waals surface area (Å²) in [6, 6.07) is 0. The molecule has 5 aliphatic carbocycles. The predicted molar refractivity (Wildman–Crippen MR) is 278 cm³/mol. The third-order valence-corrected chi connectivity index (χ3v) is 21.5. The van der Waals surface area contributed by atoms with E-state index in [-0.39, 0.29) is 24.3 Å². The van der Waals surface area contributed by atoms with Crippen molar-refractivity contribution in [2.45, 2.75) is 224 Å². The first-order valence-electron chi connectivity index (χ1n) is 28.3. The first-order valence-corrected chi connectivity index (χ1v) is 28.3. The van der Waals surface area contributed by atoms with Crippen LogP contribution in [0, 0.1) is 50.2 Å². The van der Waals surface area contributed by atoms with Crippen LogP contribution in [0.2, 0.25) is 0 Å². The standard InChI is InChI=1S/C57H88O24/c1-11-24(3)47(72)80-44-45(81-48(73)25(4)12-2)57(23-61)27(19-52(44,5)6)26-13-14-31-53(7)17-16-32(54(8,22-60)30(53)15-18-55(31,9)56(26,10)42(68)43(57)69)76-51-41(79-50-37(66)35(64)33(62)28(20-58)74-50)39(38(67)40(78-51)46(70)71)77-49-36(65)34(63)29(21-59)75-49/h11-13,27-45,49-51,58-69H,14-23H2,1-10H3,(H,70,71)/b24-11-,25-12-/t27?,28?,29?,30?,31?,32-,33-,34?,35-,36?,37?,38+,39-,40?,41?,42-,43+,44-,45-,49?,50-,51+,53-,54+,55+,56-,57-/m0/s1. The topological polar surface area (TPSA) is 388 Å².